The van der Waals surface area contributed by atoms with Gasteiger partial charge in [-0.3, -0.25) is 4.99 Å². The fourth-order valence-electron chi connectivity index (χ4n) is 2.64. The molecular formula is C15H26N6S. The number of guanidine groups is 1. The molecule has 1 aromatic rings. The van der Waals surface area contributed by atoms with Crippen LogP contribution in [0.3, 0.4) is 0 Å². The number of anilines is 1. The number of aliphatic imine (C=N–C) groups is 1. The highest BCUT2D eigenvalue weighted by atomic mass is 32.1. The minimum absolute atomic E-state index is 0.501. The van der Waals surface area contributed by atoms with Crippen molar-refractivity contribution in [3.05, 3.63) is 5.82 Å². The third kappa shape index (κ3) is 3.51. The SMILES string of the molecule is CCc1nsc(N2CCN(C(=NC)NCC3(C)CC3)CC2)n1. The lowest BCUT2D eigenvalue weighted by atomic mass is 10.1. The van der Waals surface area contributed by atoms with Gasteiger partial charge in [0.2, 0.25) is 5.13 Å². The Labute approximate surface area is 136 Å². The number of aromatic nitrogens is 2. The molecule has 1 aliphatic heterocycles. The maximum Gasteiger partial charge on any atom is 0.205 e. The minimum Gasteiger partial charge on any atom is -0.356 e. The molecule has 2 fully saturated rings. The van der Waals surface area contributed by atoms with Gasteiger partial charge in [0, 0.05) is 57.7 Å². The highest BCUT2D eigenvalue weighted by molar-refractivity contribution is 7.09. The standard InChI is InChI=1S/C15H26N6S/c1-4-12-18-14(22-19-12)21-9-7-20(8-10-21)13(16-3)17-11-15(2)5-6-15/h4-11H2,1-3H3,(H,16,17). The molecule has 0 unspecified atom stereocenters. The molecule has 0 atom stereocenters. The van der Waals surface area contributed by atoms with Crippen LogP contribution in [0.5, 0.6) is 0 Å². The Balaban J connectivity index is 1.51. The number of aryl methyl sites for hydroxylation is 1. The topological polar surface area (TPSA) is 56.7 Å². The highest BCUT2D eigenvalue weighted by Crippen LogP contribution is 2.44. The normalized spacial score (nSPS) is 21.1. The van der Waals surface area contributed by atoms with Crippen molar-refractivity contribution in [1.82, 2.24) is 19.6 Å². The quantitative estimate of drug-likeness (QED) is 0.674. The first kappa shape index (κ1) is 15.5. The molecule has 7 heteroatoms. The lowest BCUT2D eigenvalue weighted by molar-refractivity contribution is 0.367. The zero-order valence-electron chi connectivity index (χ0n) is 13.8. The molecule has 1 saturated heterocycles. The van der Waals surface area contributed by atoms with E-state index in [9.17, 15) is 0 Å². The number of hydrogen-bond acceptors (Lipinski definition) is 5. The Bertz CT molecular complexity index is 528. The zero-order chi connectivity index (χ0) is 15.6. The van der Waals surface area contributed by atoms with Gasteiger partial charge in [0.15, 0.2) is 5.96 Å². The van der Waals surface area contributed by atoms with E-state index in [0.717, 1.165) is 56.1 Å². The second-order valence-corrected chi connectivity index (χ2v) is 7.26. The van der Waals surface area contributed by atoms with E-state index in [1.807, 2.05) is 7.05 Å². The van der Waals surface area contributed by atoms with Gasteiger partial charge in [-0.25, -0.2) is 4.98 Å². The number of rotatable bonds is 4. The molecule has 2 heterocycles. The number of hydrogen-bond donors (Lipinski definition) is 1. The summed E-state index contributed by atoms with van der Waals surface area (Å²) < 4.78 is 4.38. The molecule has 122 valence electrons. The van der Waals surface area contributed by atoms with Crippen LogP contribution < -0.4 is 10.2 Å². The Kier molecular flexibility index (Phi) is 4.52. The average Bonchev–Trinajstić information content (AvgIpc) is 3.10. The van der Waals surface area contributed by atoms with Crippen molar-refractivity contribution in [2.24, 2.45) is 10.4 Å². The molecule has 1 aliphatic carbocycles. The van der Waals surface area contributed by atoms with Gasteiger partial charge < -0.3 is 15.1 Å². The van der Waals surface area contributed by atoms with Gasteiger partial charge in [0.1, 0.15) is 5.82 Å². The molecule has 0 radical (unpaired) electrons. The highest BCUT2D eigenvalue weighted by Gasteiger charge is 2.37. The molecule has 0 aromatic carbocycles. The van der Waals surface area contributed by atoms with Crippen molar-refractivity contribution in [1.29, 1.82) is 0 Å². The van der Waals surface area contributed by atoms with Crippen molar-refractivity contribution < 1.29 is 0 Å². The van der Waals surface area contributed by atoms with Gasteiger partial charge in [0.05, 0.1) is 0 Å². The maximum atomic E-state index is 4.59. The van der Waals surface area contributed by atoms with Gasteiger partial charge >= 0.3 is 0 Å². The maximum absolute atomic E-state index is 4.59. The Morgan fingerprint density at radius 3 is 2.59 bits per heavy atom. The number of nitrogens with one attached hydrogen (secondary N) is 1. The van der Waals surface area contributed by atoms with Crippen LogP contribution in [0, 0.1) is 5.41 Å². The monoisotopic (exact) mass is 322 g/mol. The van der Waals surface area contributed by atoms with E-state index in [1.54, 1.807) is 0 Å². The van der Waals surface area contributed by atoms with Gasteiger partial charge in [-0.1, -0.05) is 13.8 Å². The summed E-state index contributed by atoms with van der Waals surface area (Å²) in [6.45, 7) is 9.41. The van der Waals surface area contributed by atoms with E-state index in [4.69, 9.17) is 0 Å². The smallest absolute Gasteiger partial charge is 0.205 e. The molecule has 22 heavy (non-hydrogen) atoms. The van der Waals surface area contributed by atoms with E-state index >= 15 is 0 Å². The van der Waals surface area contributed by atoms with E-state index < -0.39 is 0 Å². The first-order chi connectivity index (χ1) is 10.6. The number of nitrogens with zero attached hydrogens (tertiary/aromatic N) is 5. The van der Waals surface area contributed by atoms with Crippen molar-refractivity contribution in [2.75, 3.05) is 44.7 Å². The van der Waals surface area contributed by atoms with Crippen LogP contribution in [-0.2, 0) is 6.42 Å². The second-order valence-electron chi connectivity index (χ2n) is 6.53. The Morgan fingerprint density at radius 2 is 2.05 bits per heavy atom. The largest absolute Gasteiger partial charge is 0.356 e. The fraction of sp³-hybridized carbons (Fsp3) is 0.800. The predicted molar refractivity (Wildman–Crippen MR) is 91.8 cm³/mol. The Morgan fingerprint density at radius 1 is 1.32 bits per heavy atom. The molecule has 1 N–H and O–H groups in total. The fourth-order valence-corrected chi connectivity index (χ4v) is 3.44. The van der Waals surface area contributed by atoms with Gasteiger partial charge in [-0.05, 0) is 18.3 Å². The summed E-state index contributed by atoms with van der Waals surface area (Å²) in [7, 11) is 1.88. The van der Waals surface area contributed by atoms with Crippen LogP contribution in [0.25, 0.3) is 0 Å². The summed E-state index contributed by atoms with van der Waals surface area (Å²) in [6, 6.07) is 0. The van der Waals surface area contributed by atoms with Gasteiger partial charge in [-0.15, -0.1) is 0 Å². The van der Waals surface area contributed by atoms with Gasteiger partial charge in [-0.2, -0.15) is 4.37 Å². The van der Waals surface area contributed by atoms with E-state index in [0.29, 0.717) is 5.41 Å². The first-order valence-electron chi connectivity index (χ1n) is 8.17. The van der Waals surface area contributed by atoms with E-state index in [1.165, 1.54) is 24.4 Å². The Hall–Kier alpha value is -1.37. The summed E-state index contributed by atoms with van der Waals surface area (Å²) in [4.78, 5) is 13.7. The lowest BCUT2D eigenvalue weighted by Gasteiger charge is -2.36. The van der Waals surface area contributed by atoms with Crippen LogP contribution in [-0.4, -0.2) is 60.0 Å². The average molecular weight is 322 g/mol. The summed E-state index contributed by atoms with van der Waals surface area (Å²) in [5.74, 6) is 2.00. The third-order valence-corrected chi connectivity index (χ3v) is 5.43. The van der Waals surface area contributed by atoms with Gasteiger partial charge in [0.25, 0.3) is 0 Å². The second kappa shape index (κ2) is 6.40. The van der Waals surface area contributed by atoms with Crippen LogP contribution >= 0.6 is 11.5 Å². The minimum atomic E-state index is 0.501. The zero-order valence-corrected chi connectivity index (χ0v) is 14.6. The molecule has 0 amide bonds. The molecule has 0 spiro atoms. The molecule has 1 aromatic heterocycles. The molecule has 6 nitrogen and oxygen atoms in total. The molecule has 0 bridgehead atoms. The third-order valence-electron chi connectivity index (χ3n) is 4.61. The van der Waals surface area contributed by atoms with Crippen molar-refractivity contribution >= 4 is 22.6 Å². The predicted octanol–water partition coefficient (Wildman–Crippen LogP) is 1.60. The van der Waals surface area contributed by atoms with Crippen LogP contribution in [0.1, 0.15) is 32.5 Å². The number of piperazine rings is 1. The molecule has 3 rings (SSSR count). The van der Waals surface area contributed by atoms with Crippen LogP contribution in [0.4, 0.5) is 5.13 Å². The lowest BCUT2D eigenvalue weighted by Crippen LogP contribution is -2.53. The van der Waals surface area contributed by atoms with Crippen molar-refractivity contribution in [3.63, 3.8) is 0 Å². The molecule has 2 aliphatic rings. The van der Waals surface area contributed by atoms with Crippen LogP contribution in [0.15, 0.2) is 4.99 Å². The van der Waals surface area contributed by atoms with E-state index in [-0.39, 0.29) is 0 Å². The summed E-state index contributed by atoms with van der Waals surface area (Å²) >= 11 is 1.52. The van der Waals surface area contributed by atoms with Crippen LogP contribution in [0.2, 0.25) is 0 Å². The molecule has 1 saturated carbocycles. The summed E-state index contributed by atoms with van der Waals surface area (Å²) in [6.07, 6.45) is 3.58. The van der Waals surface area contributed by atoms with Crippen molar-refractivity contribution in [2.45, 2.75) is 33.1 Å². The molecular weight excluding hydrogens is 296 g/mol. The summed E-state index contributed by atoms with van der Waals surface area (Å²) in [5.41, 5.74) is 0.501. The van der Waals surface area contributed by atoms with Crippen molar-refractivity contribution in [3.8, 4) is 0 Å². The van der Waals surface area contributed by atoms with E-state index in [2.05, 4.69) is 43.3 Å². The first-order valence-corrected chi connectivity index (χ1v) is 8.94. The summed E-state index contributed by atoms with van der Waals surface area (Å²) in [5, 5.41) is 4.60.